The van der Waals surface area contributed by atoms with E-state index in [1.54, 1.807) is 24.0 Å². The lowest BCUT2D eigenvalue weighted by molar-refractivity contribution is -0.149. The van der Waals surface area contributed by atoms with Gasteiger partial charge in [-0.2, -0.15) is 0 Å². The average molecular weight is 291 g/mol. The Hall–Kier alpha value is -2.04. The van der Waals surface area contributed by atoms with Gasteiger partial charge in [-0.15, -0.1) is 0 Å². The molecule has 0 spiro atoms. The molecule has 0 aromatic heterocycles. The van der Waals surface area contributed by atoms with Crippen molar-refractivity contribution in [2.24, 2.45) is 5.92 Å². The second-order valence-electron chi connectivity index (χ2n) is 5.34. The molecular weight excluding hydrogens is 270 g/mol. The first-order valence-electron chi connectivity index (χ1n) is 7.28. The molecule has 5 nitrogen and oxygen atoms in total. The van der Waals surface area contributed by atoms with Crippen LogP contribution in [0.15, 0.2) is 18.2 Å². The number of hydrogen-bond donors (Lipinski definition) is 1. The SMILES string of the molecule is CCOC(=O)C1CCN(C(=O)c2cc(C)ccc2O)CC1. The van der Waals surface area contributed by atoms with E-state index < -0.39 is 0 Å². The molecule has 0 saturated carbocycles. The summed E-state index contributed by atoms with van der Waals surface area (Å²) in [5.74, 6) is -0.486. The molecule has 114 valence electrons. The van der Waals surface area contributed by atoms with Crippen LogP contribution in [0.25, 0.3) is 0 Å². The van der Waals surface area contributed by atoms with Gasteiger partial charge in [-0.3, -0.25) is 9.59 Å². The monoisotopic (exact) mass is 291 g/mol. The summed E-state index contributed by atoms with van der Waals surface area (Å²) in [7, 11) is 0. The summed E-state index contributed by atoms with van der Waals surface area (Å²) in [6.07, 6.45) is 1.22. The fourth-order valence-corrected chi connectivity index (χ4v) is 2.57. The molecule has 1 aliphatic rings. The molecule has 0 unspecified atom stereocenters. The third-order valence-corrected chi connectivity index (χ3v) is 3.78. The van der Waals surface area contributed by atoms with E-state index in [2.05, 4.69) is 0 Å². The number of aromatic hydroxyl groups is 1. The maximum Gasteiger partial charge on any atom is 0.309 e. The van der Waals surface area contributed by atoms with Crippen LogP contribution in [0.5, 0.6) is 5.75 Å². The normalized spacial score (nSPS) is 15.8. The average Bonchev–Trinajstić information content (AvgIpc) is 2.49. The van der Waals surface area contributed by atoms with Crippen LogP contribution < -0.4 is 0 Å². The number of phenolic OH excluding ortho intramolecular Hbond substituents is 1. The Morgan fingerprint density at radius 1 is 1.33 bits per heavy atom. The summed E-state index contributed by atoms with van der Waals surface area (Å²) >= 11 is 0. The van der Waals surface area contributed by atoms with E-state index in [0.29, 0.717) is 38.1 Å². The highest BCUT2D eigenvalue weighted by molar-refractivity contribution is 5.97. The zero-order valence-corrected chi connectivity index (χ0v) is 12.5. The summed E-state index contributed by atoms with van der Waals surface area (Å²) in [5, 5.41) is 9.82. The summed E-state index contributed by atoms with van der Waals surface area (Å²) in [4.78, 5) is 25.8. The number of amides is 1. The Morgan fingerprint density at radius 3 is 2.62 bits per heavy atom. The van der Waals surface area contributed by atoms with Crippen LogP contribution in [0.2, 0.25) is 0 Å². The Kier molecular flexibility index (Phi) is 4.83. The number of piperidine rings is 1. The number of esters is 1. The van der Waals surface area contributed by atoms with Gasteiger partial charge in [0, 0.05) is 13.1 Å². The number of benzene rings is 1. The predicted molar refractivity (Wildman–Crippen MR) is 78.1 cm³/mol. The maximum absolute atomic E-state index is 12.4. The van der Waals surface area contributed by atoms with Crippen molar-refractivity contribution < 1.29 is 19.4 Å². The van der Waals surface area contributed by atoms with E-state index in [1.807, 2.05) is 6.92 Å². The van der Waals surface area contributed by atoms with E-state index in [0.717, 1.165) is 5.56 Å². The smallest absolute Gasteiger partial charge is 0.309 e. The number of carbonyl (C=O) groups excluding carboxylic acids is 2. The minimum absolute atomic E-state index is 0.00174. The van der Waals surface area contributed by atoms with E-state index in [-0.39, 0.29) is 23.5 Å². The van der Waals surface area contributed by atoms with Crippen LogP contribution in [0.4, 0.5) is 0 Å². The van der Waals surface area contributed by atoms with Crippen LogP contribution in [0.3, 0.4) is 0 Å². The van der Waals surface area contributed by atoms with Crippen molar-refractivity contribution in [3.05, 3.63) is 29.3 Å². The van der Waals surface area contributed by atoms with Crippen LogP contribution >= 0.6 is 0 Å². The maximum atomic E-state index is 12.4. The molecule has 0 bridgehead atoms. The van der Waals surface area contributed by atoms with Crippen LogP contribution in [0.1, 0.15) is 35.7 Å². The third kappa shape index (κ3) is 3.54. The summed E-state index contributed by atoms with van der Waals surface area (Å²) in [5.41, 5.74) is 1.25. The van der Waals surface area contributed by atoms with Gasteiger partial charge in [-0.05, 0) is 38.8 Å². The fourth-order valence-electron chi connectivity index (χ4n) is 2.57. The number of phenols is 1. The number of nitrogens with zero attached hydrogens (tertiary/aromatic N) is 1. The Bertz CT molecular complexity index is 533. The summed E-state index contributed by atoms with van der Waals surface area (Å²) in [6.45, 7) is 5.07. The first-order valence-corrected chi connectivity index (χ1v) is 7.28. The quantitative estimate of drug-likeness (QED) is 0.866. The van der Waals surface area contributed by atoms with Gasteiger partial charge in [0.2, 0.25) is 0 Å². The number of ether oxygens (including phenoxy) is 1. The molecule has 0 atom stereocenters. The molecule has 1 aliphatic heterocycles. The molecule has 0 aliphatic carbocycles. The van der Waals surface area contributed by atoms with Crippen molar-refractivity contribution >= 4 is 11.9 Å². The van der Waals surface area contributed by atoms with Gasteiger partial charge >= 0.3 is 5.97 Å². The largest absolute Gasteiger partial charge is 0.507 e. The number of rotatable bonds is 3. The van der Waals surface area contributed by atoms with E-state index >= 15 is 0 Å². The summed E-state index contributed by atoms with van der Waals surface area (Å²) < 4.78 is 5.01. The fraction of sp³-hybridized carbons (Fsp3) is 0.500. The number of likely N-dealkylation sites (tertiary alicyclic amines) is 1. The molecule has 5 heteroatoms. The predicted octanol–water partition coefficient (Wildman–Crippen LogP) is 2.12. The topological polar surface area (TPSA) is 66.8 Å². The van der Waals surface area contributed by atoms with Crippen molar-refractivity contribution in [1.29, 1.82) is 0 Å². The van der Waals surface area contributed by atoms with E-state index in [9.17, 15) is 14.7 Å². The first kappa shape index (κ1) is 15.4. The number of aryl methyl sites for hydroxylation is 1. The molecule has 1 amide bonds. The first-order chi connectivity index (χ1) is 10.0. The lowest BCUT2D eigenvalue weighted by Crippen LogP contribution is -2.40. The van der Waals surface area contributed by atoms with E-state index in [4.69, 9.17) is 4.74 Å². The lowest BCUT2D eigenvalue weighted by atomic mass is 9.96. The van der Waals surface area contributed by atoms with Gasteiger partial charge in [0.05, 0.1) is 18.1 Å². The Morgan fingerprint density at radius 2 is 2.00 bits per heavy atom. The molecule has 2 rings (SSSR count). The molecule has 0 radical (unpaired) electrons. The van der Waals surface area contributed by atoms with Gasteiger partial charge in [0.15, 0.2) is 0 Å². The molecule has 1 fully saturated rings. The highest BCUT2D eigenvalue weighted by Gasteiger charge is 2.29. The van der Waals surface area contributed by atoms with Crippen LogP contribution in [-0.4, -0.2) is 41.6 Å². The second-order valence-corrected chi connectivity index (χ2v) is 5.34. The van der Waals surface area contributed by atoms with Gasteiger partial charge in [-0.1, -0.05) is 11.6 Å². The van der Waals surface area contributed by atoms with Crippen molar-refractivity contribution in [2.75, 3.05) is 19.7 Å². The second kappa shape index (κ2) is 6.61. The highest BCUT2D eigenvalue weighted by atomic mass is 16.5. The van der Waals surface area contributed by atoms with Crippen LogP contribution in [-0.2, 0) is 9.53 Å². The van der Waals surface area contributed by atoms with Crippen LogP contribution in [0, 0.1) is 12.8 Å². The Balaban J connectivity index is 2.00. The standard InChI is InChI=1S/C16H21NO4/c1-3-21-16(20)12-6-8-17(9-7-12)15(19)13-10-11(2)4-5-14(13)18/h4-5,10,12,18H,3,6-9H2,1-2H3. The molecule has 1 aromatic carbocycles. The molecule has 21 heavy (non-hydrogen) atoms. The minimum Gasteiger partial charge on any atom is -0.507 e. The molecular formula is C16H21NO4. The molecule has 1 N–H and O–H groups in total. The van der Waals surface area contributed by atoms with Gasteiger partial charge in [0.1, 0.15) is 5.75 Å². The molecule has 1 heterocycles. The van der Waals surface area contributed by atoms with Crippen molar-refractivity contribution in [3.63, 3.8) is 0 Å². The zero-order valence-electron chi connectivity index (χ0n) is 12.5. The third-order valence-electron chi connectivity index (χ3n) is 3.78. The van der Waals surface area contributed by atoms with Crippen molar-refractivity contribution in [1.82, 2.24) is 4.90 Å². The molecule has 1 saturated heterocycles. The molecule has 1 aromatic rings. The van der Waals surface area contributed by atoms with Gasteiger partial charge in [-0.25, -0.2) is 0 Å². The van der Waals surface area contributed by atoms with Crippen molar-refractivity contribution in [2.45, 2.75) is 26.7 Å². The van der Waals surface area contributed by atoms with Crippen molar-refractivity contribution in [3.8, 4) is 5.75 Å². The summed E-state index contributed by atoms with van der Waals surface area (Å²) in [6, 6.07) is 4.99. The van der Waals surface area contributed by atoms with E-state index in [1.165, 1.54) is 6.07 Å². The number of hydrogen-bond acceptors (Lipinski definition) is 4. The highest BCUT2D eigenvalue weighted by Crippen LogP contribution is 2.24. The lowest BCUT2D eigenvalue weighted by Gasteiger charge is -2.31. The zero-order chi connectivity index (χ0) is 15.4. The van der Waals surface area contributed by atoms with Gasteiger partial charge in [0.25, 0.3) is 5.91 Å². The van der Waals surface area contributed by atoms with Gasteiger partial charge < -0.3 is 14.7 Å². The number of carbonyl (C=O) groups is 2. The Labute approximate surface area is 124 Å². The minimum atomic E-state index is -0.182.